The molecule has 7 nitrogen and oxygen atoms in total. The van der Waals surface area contributed by atoms with Crippen LogP contribution in [-0.2, 0) is 11.2 Å². The number of nitrogens with one attached hydrogen (secondary N) is 2. The van der Waals surface area contributed by atoms with Crippen LogP contribution in [0.3, 0.4) is 0 Å². The molecule has 3 N–H and O–H groups in total. The number of hydroxylamine groups is 1. The van der Waals surface area contributed by atoms with Gasteiger partial charge in [-0.2, -0.15) is 0 Å². The first-order chi connectivity index (χ1) is 13.6. The minimum absolute atomic E-state index is 0.316. The molecule has 0 bridgehead atoms. The normalized spacial score (nSPS) is 17.6. The van der Waals surface area contributed by atoms with Crippen LogP contribution in [0.25, 0.3) is 6.08 Å². The lowest BCUT2D eigenvalue weighted by molar-refractivity contribution is -0.124. The summed E-state index contributed by atoms with van der Waals surface area (Å²) in [4.78, 5) is 22.0. The van der Waals surface area contributed by atoms with Crippen molar-refractivity contribution in [3.63, 3.8) is 0 Å². The fourth-order valence-corrected chi connectivity index (χ4v) is 3.49. The SMILES string of the molecule is O=C(/C=C/c1cnc(N[C@@H]2CCCN(CCc3ccccc3Cl)C2)cn1)NO. The molecule has 0 spiro atoms. The molecule has 1 saturated heterocycles. The number of piperidine rings is 1. The van der Waals surface area contributed by atoms with Crippen LogP contribution in [0, 0.1) is 0 Å². The summed E-state index contributed by atoms with van der Waals surface area (Å²) in [5, 5.41) is 12.7. The first-order valence-corrected chi connectivity index (χ1v) is 9.68. The monoisotopic (exact) mass is 401 g/mol. The van der Waals surface area contributed by atoms with E-state index in [9.17, 15) is 4.79 Å². The number of hydrogen-bond acceptors (Lipinski definition) is 6. The number of carbonyl (C=O) groups is 1. The zero-order valence-electron chi connectivity index (χ0n) is 15.5. The van der Waals surface area contributed by atoms with E-state index in [4.69, 9.17) is 16.8 Å². The summed E-state index contributed by atoms with van der Waals surface area (Å²) in [6, 6.07) is 8.31. The molecule has 1 aromatic carbocycles. The second-order valence-corrected chi connectivity index (χ2v) is 7.17. The highest BCUT2D eigenvalue weighted by Crippen LogP contribution is 2.18. The van der Waals surface area contributed by atoms with Crippen LogP contribution in [-0.4, -0.2) is 51.7 Å². The Morgan fingerprint density at radius 3 is 2.93 bits per heavy atom. The van der Waals surface area contributed by atoms with Crippen molar-refractivity contribution in [1.29, 1.82) is 0 Å². The summed E-state index contributed by atoms with van der Waals surface area (Å²) in [5.41, 5.74) is 3.26. The van der Waals surface area contributed by atoms with Gasteiger partial charge in [-0.1, -0.05) is 29.8 Å². The predicted octanol–water partition coefficient (Wildman–Crippen LogP) is 2.77. The summed E-state index contributed by atoms with van der Waals surface area (Å²) < 4.78 is 0. The Kier molecular flexibility index (Phi) is 7.36. The maximum absolute atomic E-state index is 11.0. The fraction of sp³-hybridized carbons (Fsp3) is 0.350. The average Bonchev–Trinajstić information content (AvgIpc) is 2.73. The van der Waals surface area contributed by atoms with Crippen LogP contribution < -0.4 is 10.8 Å². The van der Waals surface area contributed by atoms with Crippen molar-refractivity contribution < 1.29 is 10.0 Å². The van der Waals surface area contributed by atoms with Crippen molar-refractivity contribution in [2.24, 2.45) is 0 Å². The molecule has 3 rings (SSSR count). The van der Waals surface area contributed by atoms with E-state index in [1.165, 1.54) is 23.2 Å². The highest BCUT2D eigenvalue weighted by atomic mass is 35.5. The molecule has 0 radical (unpaired) electrons. The van der Waals surface area contributed by atoms with Crippen molar-refractivity contribution >= 4 is 29.4 Å². The second-order valence-electron chi connectivity index (χ2n) is 6.76. The van der Waals surface area contributed by atoms with E-state index >= 15 is 0 Å². The van der Waals surface area contributed by atoms with Gasteiger partial charge in [0.05, 0.1) is 18.1 Å². The molecular formula is C20H24ClN5O2. The summed E-state index contributed by atoms with van der Waals surface area (Å²) in [7, 11) is 0. The molecule has 1 aromatic heterocycles. The van der Waals surface area contributed by atoms with E-state index in [2.05, 4.69) is 26.3 Å². The molecule has 28 heavy (non-hydrogen) atoms. The maximum atomic E-state index is 11.0. The minimum atomic E-state index is -0.608. The molecular weight excluding hydrogens is 378 g/mol. The Labute approximate surface area is 169 Å². The third kappa shape index (κ3) is 6.02. The first kappa shape index (κ1) is 20.3. The average molecular weight is 402 g/mol. The number of anilines is 1. The third-order valence-corrected chi connectivity index (χ3v) is 5.07. The second kappa shape index (κ2) is 10.2. The van der Waals surface area contributed by atoms with E-state index in [0.29, 0.717) is 17.6 Å². The van der Waals surface area contributed by atoms with Gasteiger partial charge in [0.1, 0.15) is 5.82 Å². The zero-order chi connectivity index (χ0) is 19.8. The van der Waals surface area contributed by atoms with Crippen LogP contribution in [0.15, 0.2) is 42.7 Å². The van der Waals surface area contributed by atoms with Gasteiger partial charge in [0, 0.05) is 30.2 Å². The van der Waals surface area contributed by atoms with Crippen LogP contribution in [0.1, 0.15) is 24.1 Å². The number of amides is 1. The predicted molar refractivity (Wildman–Crippen MR) is 109 cm³/mol. The standard InChI is InChI=1S/C20H24ClN5O2/c21-18-6-2-1-4-15(18)9-11-26-10-3-5-17(14-26)24-19-13-22-16(12-23-19)7-8-20(27)25-28/h1-2,4,6-8,12-13,17,28H,3,5,9-11,14H2,(H,23,24)(H,25,27)/b8-7+/t17-/m1/s1. The Balaban J connectivity index is 1.50. The van der Waals surface area contributed by atoms with Crippen molar-refractivity contribution in [3.8, 4) is 0 Å². The van der Waals surface area contributed by atoms with Gasteiger partial charge in [-0.3, -0.25) is 15.0 Å². The van der Waals surface area contributed by atoms with Gasteiger partial charge in [-0.25, -0.2) is 10.5 Å². The fourth-order valence-electron chi connectivity index (χ4n) is 3.26. The number of aromatic nitrogens is 2. The smallest absolute Gasteiger partial charge is 0.267 e. The number of rotatable bonds is 7. The number of likely N-dealkylation sites (tertiary alicyclic amines) is 1. The first-order valence-electron chi connectivity index (χ1n) is 9.30. The number of hydrogen-bond donors (Lipinski definition) is 3. The van der Waals surface area contributed by atoms with Crippen LogP contribution in [0.4, 0.5) is 5.82 Å². The Morgan fingerprint density at radius 1 is 1.32 bits per heavy atom. The molecule has 1 atom stereocenters. The molecule has 2 aromatic rings. The van der Waals surface area contributed by atoms with Crippen molar-refractivity contribution in [2.75, 3.05) is 25.0 Å². The van der Waals surface area contributed by atoms with Gasteiger partial charge in [0.2, 0.25) is 0 Å². The lowest BCUT2D eigenvalue weighted by Crippen LogP contribution is -2.43. The van der Waals surface area contributed by atoms with E-state index < -0.39 is 5.91 Å². The molecule has 1 amide bonds. The Morgan fingerprint density at radius 2 is 2.18 bits per heavy atom. The Hall–Kier alpha value is -2.48. The maximum Gasteiger partial charge on any atom is 0.267 e. The van der Waals surface area contributed by atoms with Gasteiger partial charge in [0.15, 0.2) is 0 Å². The molecule has 148 valence electrons. The van der Waals surface area contributed by atoms with Gasteiger partial charge in [-0.15, -0.1) is 0 Å². The van der Waals surface area contributed by atoms with Crippen LogP contribution >= 0.6 is 11.6 Å². The largest absolute Gasteiger partial charge is 0.365 e. The third-order valence-electron chi connectivity index (χ3n) is 4.70. The van der Waals surface area contributed by atoms with Crippen LogP contribution in [0.5, 0.6) is 0 Å². The van der Waals surface area contributed by atoms with Gasteiger partial charge in [-0.05, 0) is 43.5 Å². The molecule has 0 aliphatic carbocycles. The van der Waals surface area contributed by atoms with Crippen molar-refractivity contribution in [1.82, 2.24) is 20.3 Å². The lowest BCUT2D eigenvalue weighted by atomic mass is 10.0. The van der Waals surface area contributed by atoms with Gasteiger partial charge >= 0.3 is 0 Å². The Bertz CT molecular complexity index is 812. The topological polar surface area (TPSA) is 90.4 Å². The molecule has 2 heterocycles. The molecule has 0 unspecified atom stereocenters. The van der Waals surface area contributed by atoms with E-state index in [0.717, 1.165) is 43.9 Å². The summed E-state index contributed by atoms with van der Waals surface area (Å²) in [6.45, 7) is 3.01. The summed E-state index contributed by atoms with van der Waals surface area (Å²) in [5.74, 6) is 0.102. The molecule has 1 fully saturated rings. The van der Waals surface area contributed by atoms with Gasteiger partial charge < -0.3 is 10.2 Å². The summed E-state index contributed by atoms with van der Waals surface area (Å²) >= 11 is 6.25. The quantitative estimate of drug-likeness (QED) is 0.375. The number of nitrogens with zero attached hydrogens (tertiary/aromatic N) is 3. The van der Waals surface area contributed by atoms with E-state index in [1.807, 2.05) is 18.2 Å². The molecule has 8 heteroatoms. The van der Waals surface area contributed by atoms with E-state index in [1.54, 1.807) is 12.4 Å². The van der Waals surface area contributed by atoms with Crippen molar-refractivity contribution in [2.45, 2.75) is 25.3 Å². The molecule has 1 aliphatic rings. The van der Waals surface area contributed by atoms with E-state index in [-0.39, 0.29) is 0 Å². The highest BCUT2D eigenvalue weighted by Gasteiger charge is 2.20. The molecule has 1 aliphatic heterocycles. The van der Waals surface area contributed by atoms with Crippen LogP contribution in [0.2, 0.25) is 5.02 Å². The number of benzene rings is 1. The summed E-state index contributed by atoms with van der Waals surface area (Å²) in [6.07, 6.45) is 9.07. The van der Waals surface area contributed by atoms with Gasteiger partial charge in [0.25, 0.3) is 5.91 Å². The zero-order valence-corrected chi connectivity index (χ0v) is 16.3. The lowest BCUT2D eigenvalue weighted by Gasteiger charge is -2.33. The van der Waals surface area contributed by atoms with Crippen molar-refractivity contribution in [3.05, 3.63) is 59.0 Å². The minimum Gasteiger partial charge on any atom is -0.365 e. The molecule has 0 saturated carbocycles. The number of carbonyl (C=O) groups excluding carboxylic acids is 1. The highest BCUT2D eigenvalue weighted by molar-refractivity contribution is 6.31. The number of halogens is 1.